The molecule has 0 aromatic heterocycles. The highest BCUT2D eigenvalue weighted by molar-refractivity contribution is 5.97. The van der Waals surface area contributed by atoms with Crippen molar-refractivity contribution in [1.82, 2.24) is 10.2 Å². The summed E-state index contributed by atoms with van der Waals surface area (Å²) in [6.07, 6.45) is 8.52. The lowest BCUT2D eigenvalue weighted by Crippen LogP contribution is -2.63. The highest BCUT2D eigenvalue weighted by Gasteiger charge is 2.45. The summed E-state index contributed by atoms with van der Waals surface area (Å²) in [6, 6.07) is -0.661. The predicted octanol–water partition coefficient (Wildman–Crippen LogP) is 1.46. The van der Waals surface area contributed by atoms with E-state index in [4.69, 9.17) is 4.74 Å². The molecule has 0 spiro atoms. The Balaban J connectivity index is 1.51. The third-order valence-corrected chi connectivity index (χ3v) is 5.03. The lowest BCUT2D eigenvalue weighted by atomic mass is 9.98. The van der Waals surface area contributed by atoms with Crippen molar-refractivity contribution in [2.45, 2.75) is 70.1 Å². The number of rotatable bonds is 5. The molecule has 5 heteroatoms. The van der Waals surface area contributed by atoms with Gasteiger partial charge >= 0.3 is 0 Å². The number of piperazine rings is 1. The first kappa shape index (κ1) is 14.8. The third-order valence-electron chi connectivity index (χ3n) is 5.03. The monoisotopic (exact) mass is 294 g/mol. The molecule has 1 N–H and O–H groups in total. The van der Waals surface area contributed by atoms with E-state index in [-0.39, 0.29) is 23.9 Å². The minimum absolute atomic E-state index is 0.0239. The molecule has 0 aromatic carbocycles. The number of nitrogens with zero attached hydrogens (tertiary/aromatic N) is 1. The van der Waals surface area contributed by atoms with Gasteiger partial charge in [-0.05, 0) is 38.5 Å². The third kappa shape index (κ3) is 3.39. The van der Waals surface area contributed by atoms with E-state index in [1.807, 2.05) is 0 Å². The summed E-state index contributed by atoms with van der Waals surface area (Å²) in [6.45, 7) is 2.88. The Hall–Kier alpha value is -1.10. The van der Waals surface area contributed by atoms with Crippen LogP contribution in [-0.4, -0.2) is 48.1 Å². The summed E-state index contributed by atoms with van der Waals surface area (Å²) < 4.78 is 5.90. The van der Waals surface area contributed by atoms with E-state index < -0.39 is 0 Å². The van der Waals surface area contributed by atoms with Crippen molar-refractivity contribution < 1.29 is 14.3 Å². The Labute approximate surface area is 126 Å². The highest BCUT2D eigenvalue weighted by atomic mass is 16.5. The van der Waals surface area contributed by atoms with Gasteiger partial charge in [0.15, 0.2) is 0 Å². The van der Waals surface area contributed by atoms with E-state index in [2.05, 4.69) is 5.32 Å². The summed E-state index contributed by atoms with van der Waals surface area (Å²) in [4.78, 5) is 26.2. The Morgan fingerprint density at radius 3 is 2.52 bits per heavy atom. The maximum Gasteiger partial charge on any atom is 0.246 e. The summed E-state index contributed by atoms with van der Waals surface area (Å²) >= 11 is 0. The zero-order valence-electron chi connectivity index (χ0n) is 12.8. The molecule has 0 aromatic rings. The van der Waals surface area contributed by atoms with Gasteiger partial charge in [0.25, 0.3) is 0 Å². The molecule has 0 bridgehead atoms. The second kappa shape index (κ2) is 6.34. The predicted molar refractivity (Wildman–Crippen MR) is 78.7 cm³/mol. The molecule has 2 saturated carbocycles. The van der Waals surface area contributed by atoms with Gasteiger partial charge < -0.3 is 15.0 Å². The van der Waals surface area contributed by atoms with Crippen LogP contribution in [-0.2, 0) is 14.3 Å². The van der Waals surface area contributed by atoms with Crippen LogP contribution in [0.15, 0.2) is 0 Å². The van der Waals surface area contributed by atoms with Crippen molar-refractivity contribution in [3.63, 3.8) is 0 Å². The second-order valence-electron chi connectivity index (χ2n) is 6.66. The Morgan fingerprint density at radius 1 is 1.14 bits per heavy atom. The SMILES string of the molecule is CC1C(=O)NC(C2CC2)C(=O)N1CCOC1CCCCC1. The largest absolute Gasteiger partial charge is 0.376 e. The molecular weight excluding hydrogens is 268 g/mol. The van der Waals surface area contributed by atoms with Crippen LogP contribution in [0.3, 0.4) is 0 Å². The first-order chi connectivity index (χ1) is 10.2. The van der Waals surface area contributed by atoms with Gasteiger partial charge in [0.2, 0.25) is 11.8 Å². The number of hydrogen-bond donors (Lipinski definition) is 1. The van der Waals surface area contributed by atoms with Gasteiger partial charge in [0.05, 0.1) is 12.7 Å². The Bertz CT molecular complexity index is 402. The second-order valence-corrected chi connectivity index (χ2v) is 6.66. The van der Waals surface area contributed by atoms with E-state index >= 15 is 0 Å². The quantitative estimate of drug-likeness (QED) is 0.835. The van der Waals surface area contributed by atoms with Crippen LogP contribution in [0.25, 0.3) is 0 Å². The van der Waals surface area contributed by atoms with Crippen LogP contribution in [0.4, 0.5) is 0 Å². The molecule has 1 saturated heterocycles. The topological polar surface area (TPSA) is 58.6 Å². The first-order valence-electron chi connectivity index (χ1n) is 8.39. The minimum atomic E-state index is -0.373. The fraction of sp³-hybridized carbons (Fsp3) is 0.875. The van der Waals surface area contributed by atoms with Gasteiger partial charge in [0, 0.05) is 6.54 Å². The molecule has 118 valence electrons. The zero-order valence-corrected chi connectivity index (χ0v) is 12.8. The van der Waals surface area contributed by atoms with Crippen molar-refractivity contribution in [2.24, 2.45) is 5.92 Å². The molecule has 3 aliphatic rings. The lowest BCUT2D eigenvalue weighted by molar-refractivity contribution is -0.150. The number of ether oxygens (including phenoxy) is 1. The highest BCUT2D eigenvalue weighted by Crippen LogP contribution is 2.35. The van der Waals surface area contributed by atoms with E-state index in [1.165, 1.54) is 19.3 Å². The number of nitrogens with one attached hydrogen (secondary N) is 1. The molecule has 3 fully saturated rings. The van der Waals surface area contributed by atoms with Gasteiger partial charge in [-0.25, -0.2) is 0 Å². The average Bonchev–Trinajstić information content (AvgIpc) is 3.32. The summed E-state index contributed by atoms with van der Waals surface area (Å²) in [5.41, 5.74) is 0. The molecule has 21 heavy (non-hydrogen) atoms. The normalized spacial score (nSPS) is 31.4. The van der Waals surface area contributed by atoms with E-state index in [9.17, 15) is 9.59 Å². The average molecular weight is 294 g/mol. The summed E-state index contributed by atoms with van der Waals surface area (Å²) in [5.74, 6) is 0.414. The number of carbonyl (C=O) groups is 2. The van der Waals surface area contributed by atoms with Gasteiger partial charge in [-0.15, -0.1) is 0 Å². The van der Waals surface area contributed by atoms with Gasteiger partial charge in [-0.1, -0.05) is 19.3 Å². The van der Waals surface area contributed by atoms with E-state index in [1.54, 1.807) is 11.8 Å². The van der Waals surface area contributed by atoms with E-state index in [0.29, 0.717) is 25.2 Å². The van der Waals surface area contributed by atoms with Gasteiger partial charge in [-0.3, -0.25) is 9.59 Å². The van der Waals surface area contributed by atoms with Crippen molar-refractivity contribution in [1.29, 1.82) is 0 Å². The molecule has 2 amide bonds. The number of carbonyl (C=O) groups excluding carboxylic acids is 2. The maximum absolute atomic E-state index is 12.5. The molecular formula is C16H26N2O3. The molecule has 2 unspecified atom stereocenters. The first-order valence-corrected chi connectivity index (χ1v) is 8.39. The van der Waals surface area contributed by atoms with Crippen molar-refractivity contribution in [3.8, 4) is 0 Å². The fourth-order valence-electron chi connectivity index (χ4n) is 3.45. The number of hydrogen-bond acceptors (Lipinski definition) is 3. The van der Waals surface area contributed by atoms with Crippen LogP contribution in [0.2, 0.25) is 0 Å². The van der Waals surface area contributed by atoms with Crippen molar-refractivity contribution in [3.05, 3.63) is 0 Å². The van der Waals surface area contributed by atoms with Crippen molar-refractivity contribution >= 4 is 11.8 Å². The maximum atomic E-state index is 12.5. The van der Waals surface area contributed by atoms with Crippen LogP contribution in [0, 0.1) is 5.92 Å². The van der Waals surface area contributed by atoms with Crippen molar-refractivity contribution in [2.75, 3.05) is 13.2 Å². The smallest absolute Gasteiger partial charge is 0.246 e. The lowest BCUT2D eigenvalue weighted by Gasteiger charge is -2.37. The summed E-state index contributed by atoms with van der Waals surface area (Å²) in [5, 5.41) is 2.88. The molecule has 1 aliphatic heterocycles. The Morgan fingerprint density at radius 2 is 1.86 bits per heavy atom. The van der Waals surface area contributed by atoms with Crippen LogP contribution >= 0.6 is 0 Å². The van der Waals surface area contributed by atoms with Gasteiger partial charge in [0.1, 0.15) is 12.1 Å². The van der Waals surface area contributed by atoms with E-state index in [0.717, 1.165) is 25.7 Å². The van der Waals surface area contributed by atoms with Crippen LogP contribution in [0.5, 0.6) is 0 Å². The fourth-order valence-corrected chi connectivity index (χ4v) is 3.45. The molecule has 0 radical (unpaired) electrons. The standard InChI is InChI=1S/C16H26N2O3/c1-11-15(19)17-14(12-7-8-12)16(20)18(11)9-10-21-13-5-3-2-4-6-13/h11-14H,2-10H2,1H3,(H,17,19). The molecule has 1 heterocycles. The summed E-state index contributed by atoms with van der Waals surface area (Å²) in [7, 11) is 0. The molecule has 2 atom stereocenters. The van der Waals surface area contributed by atoms with Crippen LogP contribution in [0.1, 0.15) is 51.9 Å². The molecule has 3 rings (SSSR count). The molecule has 5 nitrogen and oxygen atoms in total. The number of amides is 2. The molecule has 2 aliphatic carbocycles. The van der Waals surface area contributed by atoms with Crippen LogP contribution < -0.4 is 5.32 Å². The zero-order chi connectivity index (χ0) is 14.8. The minimum Gasteiger partial charge on any atom is -0.376 e. The van der Waals surface area contributed by atoms with Gasteiger partial charge in [-0.2, -0.15) is 0 Å². The Kier molecular flexibility index (Phi) is 4.48.